The van der Waals surface area contributed by atoms with E-state index in [0.29, 0.717) is 5.56 Å². The van der Waals surface area contributed by atoms with Gasteiger partial charge in [-0.3, -0.25) is 0 Å². The van der Waals surface area contributed by atoms with E-state index in [-0.39, 0.29) is 5.82 Å². The lowest BCUT2D eigenvalue weighted by molar-refractivity contribution is 0.619. The molecule has 2 aromatic carbocycles. The molecule has 0 aliphatic carbocycles. The first kappa shape index (κ1) is 13.5. The van der Waals surface area contributed by atoms with E-state index < -0.39 is 0 Å². The van der Waals surface area contributed by atoms with Crippen molar-refractivity contribution >= 4 is 16.6 Å². The molecule has 0 fully saturated rings. The van der Waals surface area contributed by atoms with Crippen LogP contribution in [-0.4, -0.2) is 24.1 Å². The van der Waals surface area contributed by atoms with Crippen LogP contribution in [-0.2, 0) is 0 Å². The Hall–Kier alpha value is -2.49. The number of benzene rings is 2. The second kappa shape index (κ2) is 5.13. The van der Waals surface area contributed by atoms with Gasteiger partial charge in [0.15, 0.2) is 0 Å². The average molecular weight is 281 g/mol. The number of nitrogens with zero attached hydrogens (tertiary/aromatic N) is 3. The molecule has 1 heterocycles. The van der Waals surface area contributed by atoms with E-state index in [9.17, 15) is 4.39 Å². The number of fused-ring (bicyclic) bond motifs is 1. The zero-order chi connectivity index (χ0) is 15.0. The van der Waals surface area contributed by atoms with Crippen LogP contribution in [0, 0.1) is 12.7 Å². The number of aromatic nitrogens is 2. The maximum atomic E-state index is 13.4. The summed E-state index contributed by atoms with van der Waals surface area (Å²) in [6.45, 7) is 1.76. The summed E-state index contributed by atoms with van der Waals surface area (Å²) in [4.78, 5) is 10.7. The Morgan fingerprint density at radius 3 is 2.52 bits per heavy atom. The largest absolute Gasteiger partial charge is 0.378 e. The third-order valence-electron chi connectivity index (χ3n) is 3.57. The molecular weight excluding hydrogens is 265 g/mol. The van der Waals surface area contributed by atoms with Crippen molar-refractivity contribution in [2.24, 2.45) is 0 Å². The molecular formula is C17H16FN3. The molecule has 0 spiro atoms. The molecule has 3 aromatic rings. The van der Waals surface area contributed by atoms with Crippen molar-refractivity contribution < 1.29 is 4.39 Å². The Morgan fingerprint density at radius 2 is 1.81 bits per heavy atom. The molecule has 0 radical (unpaired) electrons. The number of rotatable bonds is 2. The molecule has 1 aromatic heterocycles. The number of hydrogen-bond acceptors (Lipinski definition) is 3. The Labute approximate surface area is 123 Å². The third kappa shape index (κ3) is 2.44. The van der Waals surface area contributed by atoms with Crippen LogP contribution in [0.4, 0.5) is 10.1 Å². The highest BCUT2D eigenvalue weighted by molar-refractivity contribution is 5.93. The van der Waals surface area contributed by atoms with E-state index in [2.05, 4.69) is 9.97 Å². The highest BCUT2D eigenvalue weighted by atomic mass is 19.1. The molecule has 3 rings (SSSR count). The number of halogens is 1. The molecule has 0 amide bonds. The van der Waals surface area contributed by atoms with Gasteiger partial charge < -0.3 is 4.90 Å². The fourth-order valence-electron chi connectivity index (χ4n) is 2.35. The SMILES string of the molecule is Cc1cc(-c2ncnc3cc(N(C)C)ccc23)ccc1F. The molecule has 3 nitrogen and oxygen atoms in total. The molecule has 0 aliphatic heterocycles. The summed E-state index contributed by atoms with van der Waals surface area (Å²) in [7, 11) is 3.99. The maximum absolute atomic E-state index is 13.4. The summed E-state index contributed by atoms with van der Waals surface area (Å²) in [6.07, 6.45) is 1.55. The van der Waals surface area contributed by atoms with Crippen molar-refractivity contribution in [2.75, 3.05) is 19.0 Å². The van der Waals surface area contributed by atoms with Crippen LogP contribution in [0.15, 0.2) is 42.7 Å². The monoisotopic (exact) mass is 281 g/mol. The zero-order valence-electron chi connectivity index (χ0n) is 12.3. The lowest BCUT2D eigenvalue weighted by Gasteiger charge is -2.13. The Kier molecular flexibility index (Phi) is 3.29. The minimum absolute atomic E-state index is 0.202. The molecule has 0 atom stereocenters. The molecule has 21 heavy (non-hydrogen) atoms. The van der Waals surface area contributed by atoms with E-state index in [1.54, 1.807) is 19.3 Å². The van der Waals surface area contributed by atoms with Gasteiger partial charge in [0, 0.05) is 30.7 Å². The van der Waals surface area contributed by atoms with Crippen molar-refractivity contribution in [3.05, 3.63) is 54.1 Å². The van der Waals surface area contributed by atoms with Crippen molar-refractivity contribution in [3.63, 3.8) is 0 Å². The topological polar surface area (TPSA) is 29.0 Å². The van der Waals surface area contributed by atoms with Crippen LogP contribution in [0.1, 0.15) is 5.56 Å². The van der Waals surface area contributed by atoms with Crippen molar-refractivity contribution in [3.8, 4) is 11.3 Å². The van der Waals surface area contributed by atoms with Crippen LogP contribution in [0.5, 0.6) is 0 Å². The summed E-state index contributed by atoms with van der Waals surface area (Å²) < 4.78 is 13.4. The lowest BCUT2D eigenvalue weighted by Crippen LogP contribution is -2.08. The van der Waals surface area contributed by atoms with Crippen molar-refractivity contribution in [2.45, 2.75) is 6.92 Å². The van der Waals surface area contributed by atoms with Crippen LogP contribution in [0.3, 0.4) is 0 Å². The van der Waals surface area contributed by atoms with Gasteiger partial charge in [0.2, 0.25) is 0 Å². The summed E-state index contributed by atoms with van der Waals surface area (Å²) in [5.74, 6) is -0.202. The molecule has 0 saturated carbocycles. The summed E-state index contributed by atoms with van der Waals surface area (Å²) in [6, 6.07) is 11.1. The van der Waals surface area contributed by atoms with Gasteiger partial charge in [0.25, 0.3) is 0 Å². The van der Waals surface area contributed by atoms with Gasteiger partial charge in [-0.2, -0.15) is 0 Å². The molecule has 0 aliphatic rings. The predicted octanol–water partition coefficient (Wildman–Crippen LogP) is 3.81. The van der Waals surface area contributed by atoms with Crippen LogP contribution >= 0.6 is 0 Å². The van der Waals surface area contributed by atoms with Crippen molar-refractivity contribution in [1.82, 2.24) is 9.97 Å². The highest BCUT2D eigenvalue weighted by Gasteiger charge is 2.09. The minimum atomic E-state index is -0.202. The van der Waals surface area contributed by atoms with Gasteiger partial charge in [-0.25, -0.2) is 14.4 Å². The molecule has 0 N–H and O–H groups in total. The Balaban J connectivity index is 2.20. The standard InChI is InChI=1S/C17H16FN3/c1-11-8-12(4-7-15(11)18)17-14-6-5-13(21(2)3)9-16(14)19-10-20-17/h4-10H,1-3H3. The molecule has 4 heteroatoms. The second-order valence-electron chi connectivity index (χ2n) is 5.28. The first-order valence-corrected chi connectivity index (χ1v) is 6.75. The Bertz CT molecular complexity index is 812. The smallest absolute Gasteiger partial charge is 0.126 e. The minimum Gasteiger partial charge on any atom is -0.378 e. The van der Waals surface area contributed by atoms with Gasteiger partial charge in [-0.15, -0.1) is 0 Å². The van der Waals surface area contributed by atoms with Crippen molar-refractivity contribution in [1.29, 1.82) is 0 Å². The van der Waals surface area contributed by atoms with E-state index in [1.165, 1.54) is 6.07 Å². The first-order valence-electron chi connectivity index (χ1n) is 6.75. The third-order valence-corrected chi connectivity index (χ3v) is 3.57. The average Bonchev–Trinajstić information content (AvgIpc) is 2.49. The fourth-order valence-corrected chi connectivity index (χ4v) is 2.35. The quantitative estimate of drug-likeness (QED) is 0.715. The normalized spacial score (nSPS) is 10.9. The summed E-state index contributed by atoms with van der Waals surface area (Å²) in [5, 5.41) is 0.967. The van der Waals surface area contributed by atoms with Gasteiger partial charge in [-0.1, -0.05) is 0 Å². The molecule has 0 unspecified atom stereocenters. The van der Waals surface area contributed by atoms with E-state index >= 15 is 0 Å². The van der Waals surface area contributed by atoms with Gasteiger partial charge in [-0.05, 0) is 48.9 Å². The van der Waals surface area contributed by atoms with Crippen LogP contribution in [0.25, 0.3) is 22.2 Å². The van der Waals surface area contributed by atoms with E-state index in [0.717, 1.165) is 27.8 Å². The zero-order valence-corrected chi connectivity index (χ0v) is 12.3. The van der Waals surface area contributed by atoms with Gasteiger partial charge in [0.1, 0.15) is 12.1 Å². The summed E-state index contributed by atoms with van der Waals surface area (Å²) in [5.41, 5.74) is 4.31. The molecule has 0 saturated heterocycles. The first-order chi connectivity index (χ1) is 10.1. The lowest BCUT2D eigenvalue weighted by atomic mass is 10.0. The van der Waals surface area contributed by atoms with Gasteiger partial charge >= 0.3 is 0 Å². The second-order valence-corrected chi connectivity index (χ2v) is 5.28. The number of aryl methyl sites for hydroxylation is 1. The number of anilines is 1. The predicted molar refractivity (Wildman–Crippen MR) is 84.0 cm³/mol. The van der Waals surface area contributed by atoms with Crippen LogP contribution < -0.4 is 4.90 Å². The molecule has 0 bridgehead atoms. The van der Waals surface area contributed by atoms with Crippen LogP contribution in [0.2, 0.25) is 0 Å². The maximum Gasteiger partial charge on any atom is 0.126 e. The summed E-state index contributed by atoms with van der Waals surface area (Å²) >= 11 is 0. The Morgan fingerprint density at radius 1 is 1.00 bits per heavy atom. The molecule has 106 valence electrons. The number of hydrogen-bond donors (Lipinski definition) is 0. The fraction of sp³-hybridized carbons (Fsp3) is 0.176. The van der Waals surface area contributed by atoms with E-state index in [4.69, 9.17) is 0 Å². The van der Waals surface area contributed by atoms with E-state index in [1.807, 2.05) is 43.3 Å². The van der Waals surface area contributed by atoms with Gasteiger partial charge in [0.05, 0.1) is 11.2 Å². The highest BCUT2D eigenvalue weighted by Crippen LogP contribution is 2.28.